The van der Waals surface area contributed by atoms with Gasteiger partial charge in [-0.2, -0.15) is 5.10 Å². The average molecular weight is 459 g/mol. The Morgan fingerprint density at radius 1 is 1.30 bits per heavy atom. The third-order valence-corrected chi connectivity index (χ3v) is 7.53. The molecular formula is C25H38N4O4. The average Bonchev–Trinajstić information content (AvgIpc) is 3.09. The van der Waals surface area contributed by atoms with E-state index >= 15 is 0 Å². The van der Waals surface area contributed by atoms with Gasteiger partial charge in [0.25, 0.3) is 5.91 Å². The third-order valence-electron chi connectivity index (χ3n) is 7.53. The summed E-state index contributed by atoms with van der Waals surface area (Å²) in [7, 11) is 1.33. The third kappa shape index (κ3) is 5.10. The van der Waals surface area contributed by atoms with E-state index in [9.17, 15) is 14.7 Å². The summed E-state index contributed by atoms with van der Waals surface area (Å²) in [5, 5.41) is 21.4. The number of methoxy groups -OCH3 is 1. The van der Waals surface area contributed by atoms with Crippen LogP contribution in [0.1, 0.15) is 75.9 Å². The summed E-state index contributed by atoms with van der Waals surface area (Å²) in [5.41, 5.74) is 0.299. The van der Waals surface area contributed by atoms with Gasteiger partial charge in [0.15, 0.2) is 0 Å². The molecule has 0 saturated heterocycles. The molecule has 0 aliphatic heterocycles. The molecule has 4 fully saturated rings. The number of carbonyl (C=O) groups is 2. The zero-order chi connectivity index (χ0) is 24.0. The molecule has 2 atom stereocenters. The van der Waals surface area contributed by atoms with Crippen LogP contribution in [0.2, 0.25) is 0 Å². The van der Waals surface area contributed by atoms with Crippen molar-refractivity contribution in [1.29, 1.82) is 0 Å². The lowest BCUT2D eigenvalue weighted by atomic mass is 9.52. The predicted octanol–water partition coefficient (Wildman–Crippen LogP) is 3.36. The Morgan fingerprint density at radius 2 is 1.97 bits per heavy atom. The second-order valence-corrected chi connectivity index (χ2v) is 11.4. The van der Waals surface area contributed by atoms with E-state index in [1.54, 1.807) is 17.1 Å². The van der Waals surface area contributed by atoms with Crippen LogP contribution in [0.3, 0.4) is 0 Å². The maximum atomic E-state index is 13.4. The number of amides is 2. The number of nitrogens with zero attached hydrogens (tertiary/aromatic N) is 2. The fraction of sp³-hybridized carbons (Fsp3) is 0.720. The number of nitrogens with one attached hydrogen (secondary N) is 2. The lowest BCUT2D eigenvalue weighted by Crippen LogP contribution is -2.61. The maximum Gasteiger partial charge on any atom is 0.407 e. The number of aromatic nitrogens is 2. The Morgan fingerprint density at radius 3 is 2.55 bits per heavy atom. The molecule has 4 aliphatic rings. The molecule has 4 bridgehead atoms. The van der Waals surface area contributed by atoms with Gasteiger partial charge in [0, 0.05) is 12.2 Å². The molecule has 4 saturated carbocycles. The van der Waals surface area contributed by atoms with Crippen molar-refractivity contribution in [3.8, 4) is 0 Å². The lowest BCUT2D eigenvalue weighted by molar-refractivity contribution is -0.136. The van der Waals surface area contributed by atoms with Crippen molar-refractivity contribution in [2.45, 2.75) is 83.4 Å². The van der Waals surface area contributed by atoms with Crippen LogP contribution >= 0.6 is 0 Å². The topological polar surface area (TPSA) is 105 Å². The lowest BCUT2D eigenvalue weighted by Gasteiger charge is -2.58. The number of rotatable bonds is 7. The Kier molecular flexibility index (Phi) is 6.33. The van der Waals surface area contributed by atoms with Gasteiger partial charge < -0.3 is 20.5 Å². The van der Waals surface area contributed by atoms with Gasteiger partial charge in [-0.15, -0.1) is 0 Å². The molecule has 182 valence electrons. The minimum absolute atomic E-state index is 0.0818. The number of hydrogen-bond donors (Lipinski definition) is 3. The van der Waals surface area contributed by atoms with E-state index in [0.29, 0.717) is 35.7 Å². The molecule has 1 aromatic rings. The van der Waals surface area contributed by atoms with E-state index in [4.69, 9.17) is 4.74 Å². The van der Waals surface area contributed by atoms with Gasteiger partial charge in [-0.25, -0.2) is 9.48 Å². The quantitative estimate of drug-likeness (QED) is 0.581. The first kappa shape index (κ1) is 23.8. The van der Waals surface area contributed by atoms with Gasteiger partial charge in [-0.1, -0.05) is 13.8 Å². The SMILES string of the molecule is COC(=O)NC(C)(C)/C=C/n1ncc(C(=O)N[C@H]2C3CC4CC2C[C@](O)(C4)C3)c1CC(C)C. The second-order valence-electron chi connectivity index (χ2n) is 11.4. The van der Waals surface area contributed by atoms with Crippen LogP contribution in [-0.4, -0.2) is 51.2 Å². The monoisotopic (exact) mass is 458 g/mol. The standard InChI is InChI=1S/C25H38N4O4/c1-15(2)8-20-19(14-26-29(20)7-6-24(3,4)28-23(31)33-5)22(30)27-21-17-9-16-10-18(21)13-25(32,11-16)12-17/h6-7,14-18,21,32H,8-13H2,1-5H3,(H,27,30)(H,28,31)/b7-6+/t16?,17?,18?,21-,25-. The first-order valence-corrected chi connectivity index (χ1v) is 12.1. The number of aliphatic hydroxyl groups is 1. The minimum atomic E-state index is -0.642. The van der Waals surface area contributed by atoms with Crippen molar-refractivity contribution in [3.63, 3.8) is 0 Å². The molecule has 0 spiro atoms. The molecule has 2 amide bonds. The molecule has 0 aromatic carbocycles. The molecule has 0 radical (unpaired) electrons. The first-order chi connectivity index (χ1) is 15.5. The maximum absolute atomic E-state index is 13.4. The molecule has 8 nitrogen and oxygen atoms in total. The minimum Gasteiger partial charge on any atom is -0.453 e. The summed E-state index contributed by atoms with van der Waals surface area (Å²) < 4.78 is 6.43. The summed E-state index contributed by atoms with van der Waals surface area (Å²) in [5.74, 6) is 1.59. The van der Waals surface area contributed by atoms with E-state index in [0.717, 1.165) is 37.8 Å². The van der Waals surface area contributed by atoms with Crippen LogP contribution in [0.15, 0.2) is 12.3 Å². The summed E-state index contributed by atoms with van der Waals surface area (Å²) in [6, 6.07) is 0.128. The highest BCUT2D eigenvalue weighted by Gasteiger charge is 2.55. The fourth-order valence-electron chi connectivity index (χ4n) is 6.35. The zero-order valence-electron chi connectivity index (χ0n) is 20.4. The molecule has 8 heteroatoms. The van der Waals surface area contributed by atoms with E-state index in [1.165, 1.54) is 7.11 Å². The highest BCUT2D eigenvalue weighted by molar-refractivity contribution is 5.95. The van der Waals surface area contributed by atoms with Crippen LogP contribution in [0.5, 0.6) is 0 Å². The van der Waals surface area contributed by atoms with Gasteiger partial charge in [0.1, 0.15) is 0 Å². The molecule has 1 heterocycles. The van der Waals surface area contributed by atoms with Gasteiger partial charge in [0.2, 0.25) is 0 Å². The first-order valence-electron chi connectivity index (χ1n) is 12.1. The Bertz CT molecular complexity index is 919. The van der Waals surface area contributed by atoms with Crippen molar-refractivity contribution < 1.29 is 19.4 Å². The molecular weight excluding hydrogens is 420 g/mol. The van der Waals surface area contributed by atoms with E-state index < -0.39 is 17.2 Å². The summed E-state index contributed by atoms with van der Waals surface area (Å²) >= 11 is 0. The summed E-state index contributed by atoms with van der Waals surface area (Å²) in [6.07, 6.45) is 10.2. The summed E-state index contributed by atoms with van der Waals surface area (Å²) in [4.78, 5) is 25.0. The number of ether oxygens (including phenoxy) is 1. The number of hydrogen-bond acceptors (Lipinski definition) is 5. The second kappa shape index (κ2) is 8.78. The van der Waals surface area contributed by atoms with Gasteiger partial charge in [0.05, 0.1) is 35.7 Å². The van der Waals surface area contributed by atoms with Gasteiger partial charge >= 0.3 is 6.09 Å². The van der Waals surface area contributed by atoms with Crippen molar-refractivity contribution in [2.75, 3.05) is 7.11 Å². The normalized spacial score (nSPS) is 30.8. The smallest absolute Gasteiger partial charge is 0.407 e. The Hall–Kier alpha value is -2.35. The van der Waals surface area contributed by atoms with E-state index in [1.807, 2.05) is 19.9 Å². The number of alkyl carbamates (subject to hydrolysis) is 1. The van der Waals surface area contributed by atoms with Crippen molar-refractivity contribution >= 4 is 18.2 Å². The molecule has 3 N–H and O–H groups in total. The van der Waals surface area contributed by atoms with Gasteiger partial charge in [-0.3, -0.25) is 4.79 Å². The highest BCUT2D eigenvalue weighted by atomic mass is 16.5. The molecule has 5 rings (SSSR count). The predicted molar refractivity (Wildman–Crippen MR) is 125 cm³/mol. The van der Waals surface area contributed by atoms with Crippen LogP contribution < -0.4 is 10.6 Å². The van der Waals surface area contributed by atoms with Crippen molar-refractivity contribution in [3.05, 3.63) is 23.5 Å². The Balaban J connectivity index is 1.52. The summed E-state index contributed by atoms with van der Waals surface area (Å²) in [6.45, 7) is 7.95. The van der Waals surface area contributed by atoms with Crippen LogP contribution in [0, 0.1) is 23.7 Å². The zero-order valence-corrected chi connectivity index (χ0v) is 20.4. The largest absolute Gasteiger partial charge is 0.453 e. The van der Waals surface area contributed by atoms with Crippen molar-refractivity contribution in [2.24, 2.45) is 23.7 Å². The molecule has 33 heavy (non-hydrogen) atoms. The van der Waals surface area contributed by atoms with Crippen molar-refractivity contribution in [1.82, 2.24) is 20.4 Å². The number of carbonyl (C=O) groups excluding carboxylic acids is 2. The van der Waals surface area contributed by atoms with E-state index in [-0.39, 0.29) is 11.9 Å². The molecule has 1 aromatic heterocycles. The van der Waals surface area contributed by atoms with Crippen LogP contribution in [0.4, 0.5) is 4.79 Å². The highest BCUT2D eigenvalue weighted by Crippen LogP contribution is 2.55. The fourth-order valence-corrected chi connectivity index (χ4v) is 6.35. The Labute approximate surface area is 196 Å². The van der Waals surface area contributed by atoms with Crippen LogP contribution in [0.25, 0.3) is 6.20 Å². The molecule has 2 unspecified atom stereocenters. The van der Waals surface area contributed by atoms with E-state index in [2.05, 4.69) is 29.6 Å². The molecule has 4 aliphatic carbocycles. The van der Waals surface area contributed by atoms with Gasteiger partial charge in [-0.05, 0) is 82.1 Å². The van der Waals surface area contributed by atoms with Crippen LogP contribution in [-0.2, 0) is 11.2 Å².